The molecule has 1 rings (SSSR count). The van der Waals surface area contributed by atoms with E-state index in [1.807, 2.05) is 19.9 Å². The molecule has 0 saturated heterocycles. The first-order valence-corrected chi connectivity index (χ1v) is 4.24. The van der Waals surface area contributed by atoms with Gasteiger partial charge in [-0.15, -0.1) is 0 Å². The smallest absolute Gasteiger partial charge is 0.253 e. The normalized spacial score (nSPS) is 9.83. The second-order valence-corrected chi connectivity index (χ2v) is 2.58. The molecule has 0 fully saturated rings. The zero-order chi connectivity index (χ0) is 8.97. The lowest BCUT2D eigenvalue weighted by Gasteiger charge is -2.01. The number of aryl methyl sites for hydroxylation is 1. The van der Waals surface area contributed by atoms with E-state index in [2.05, 4.69) is 10.3 Å². The van der Waals surface area contributed by atoms with Crippen LogP contribution < -0.4 is 5.32 Å². The number of hydrogen-bond acceptors (Lipinski definition) is 1. The summed E-state index contributed by atoms with van der Waals surface area (Å²) in [6, 6.07) is 1.81. The van der Waals surface area contributed by atoms with Gasteiger partial charge in [-0.05, 0) is 19.4 Å². The van der Waals surface area contributed by atoms with Crippen LogP contribution in [0, 0.1) is 0 Å². The number of carbonyl (C=O) groups is 1. The number of nitrogens with one attached hydrogen (secondary N) is 2. The summed E-state index contributed by atoms with van der Waals surface area (Å²) in [4.78, 5) is 14.4. The molecule has 0 saturated carbocycles. The molecule has 66 valence electrons. The number of H-pyrrole nitrogens is 1. The average Bonchev–Trinajstić information content (AvgIpc) is 2.51. The summed E-state index contributed by atoms with van der Waals surface area (Å²) in [5.74, 6) is 0.00981. The molecule has 0 aromatic carbocycles. The summed E-state index contributed by atoms with van der Waals surface area (Å²) in [6.45, 7) is 4.61. The van der Waals surface area contributed by atoms with Gasteiger partial charge in [0.1, 0.15) is 0 Å². The molecule has 0 spiro atoms. The van der Waals surface area contributed by atoms with E-state index >= 15 is 0 Å². The fourth-order valence-electron chi connectivity index (χ4n) is 1.16. The Labute approximate surface area is 72.2 Å². The molecule has 0 aliphatic carbocycles. The molecule has 2 N–H and O–H groups in total. The van der Waals surface area contributed by atoms with Crippen molar-refractivity contribution in [2.45, 2.75) is 20.3 Å². The molecule has 1 heterocycles. The summed E-state index contributed by atoms with van der Waals surface area (Å²) < 4.78 is 0. The molecular formula is C9H14N2O. The van der Waals surface area contributed by atoms with Crippen LogP contribution in [0.4, 0.5) is 0 Å². The van der Waals surface area contributed by atoms with Crippen molar-refractivity contribution in [2.24, 2.45) is 0 Å². The maximum Gasteiger partial charge on any atom is 0.253 e. The molecule has 0 atom stereocenters. The Hall–Kier alpha value is -1.25. The fourth-order valence-corrected chi connectivity index (χ4v) is 1.16. The highest BCUT2D eigenvalue weighted by molar-refractivity contribution is 5.95. The Balaban J connectivity index is 2.79. The SMILES string of the molecule is CCNC(=O)c1cc[nH]c1CC. The van der Waals surface area contributed by atoms with Gasteiger partial charge in [-0.25, -0.2) is 0 Å². The topological polar surface area (TPSA) is 44.9 Å². The Kier molecular flexibility index (Phi) is 2.91. The van der Waals surface area contributed by atoms with E-state index in [0.29, 0.717) is 6.54 Å². The largest absolute Gasteiger partial charge is 0.364 e. The van der Waals surface area contributed by atoms with E-state index < -0.39 is 0 Å². The van der Waals surface area contributed by atoms with Gasteiger partial charge < -0.3 is 10.3 Å². The summed E-state index contributed by atoms with van der Waals surface area (Å²) in [5.41, 5.74) is 1.76. The predicted octanol–water partition coefficient (Wildman–Crippen LogP) is 1.33. The van der Waals surface area contributed by atoms with Crippen LogP contribution in [0.15, 0.2) is 12.3 Å². The zero-order valence-electron chi connectivity index (χ0n) is 7.48. The van der Waals surface area contributed by atoms with Crippen LogP contribution in [0.2, 0.25) is 0 Å². The molecule has 1 aromatic heterocycles. The van der Waals surface area contributed by atoms with Gasteiger partial charge in [0.15, 0.2) is 0 Å². The highest BCUT2D eigenvalue weighted by atomic mass is 16.1. The van der Waals surface area contributed by atoms with Gasteiger partial charge in [0.2, 0.25) is 0 Å². The Morgan fingerprint density at radius 3 is 2.92 bits per heavy atom. The van der Waals surface area contributed by atoms with Crippen molar-refractivity contribution in [3.63, 3.8) is 0 Å². The van der Waals surface area contributed by atoms with Gasteiger partial charge in [-0.2, -0.15) is 0 Å². The molecule has 1 aromatic rings. The maximum absolute atomic E-state index is 11.4. The molecule has 1 amide bonds. The van der Waals surface area contributed by atoms with E-state index in [1.54, 1.807) is 6.20 Å². The third-order valence-electron chi connectivity index (χ3n) is 1.77. The van der Waals surface area contributed by atoms with Crippen molar-refractivity contribution in [2.75, 3.05) is 6.54 Å². The maximum atomic E-state index is 11.4. The monoisotopic (exact) mass is 166 g/mol. The van der Waals surface area contributed by atoms with Crippen LogP contribution in [0.5, 0.6) is 0 Å². The second kappa shape index (κ2) is 3.95. The standard InChI is InChI=1S/C9H14N2O/c1-3-8-7(5-6-11-8)9(12)10-4-2/h5-6,11H,3-4H2,1-2H3,(H,10,12). The van der Waals surface area contributed by atoms with Crippen LogP contribution in [-0.4, -0.2) is 17.4 Å². The second-order valence-electron chi connectivity index (χ2n) is 2.58. The van der Waals surface area contributed by atoms with E-state index in [9.17, 15) is 4.79 Å². The molecule has 0 bridgehead atoms. The number of amides is 1. The Morgan fingerprint density at radius 2 is 2.33 bits per heavy atom. The highest BCUT2D eigenvalue weighted by Gasteiger charge is 2.08. The van der Waals surface area contributed by atoms with Crippen LogP contribution in [0.3, 0.4) is 0 Å². The summed E-state index contributed by atoms with van der Waals surface area (Å²) in [6.07, 6.45) is 2.66. The summed E-state index contributed by atoms with van der Waals surface area (Å²) in [5, 5.41) is 2.76. The van der Waals surface area contributed by atoms with Crippen LogP contribution in [0.1, 0.15) is 29.9 Å². The minimum absolute atomic E-state index is 0.00981. The fraction of sp³-hybridized carbons (Fsp3) is 0.444. The van der Waals surface area contributed by atoms with E-state index in [1.165, 1.54) is 0 Å². The Bertz CT molecular complexity index is 265. The van der Waals surface area contributed by atoms with Gasteiger partial charge >= 0.3 is 0 Å². The van der Waals surface area contributed by atoms with Crippen LogP contribution in [-0.2, 0) is 6.42 Å². The minimum Gasteiger partial charge on any atom is -0.364 e. The summed E-state index contributed by atoms with van der Waals surface area (Å²) in [7, 11) is 0. The van der Waals surface area contributed by atoms with Gasteiger partial charge in [-0.1, -0.05) is 6.92 Å². The number of hydrogen-bond donors (Lipinski definition) is 2. The number of rotatable bonds is 3. The van der Waals surface area contributed by atoms with Gasteiger partial charge in [0, 0.05) is 18.4 Å². The predicted molar refractivity (Wildman–Crippen MR) is 48.2 cm³/mol. The first-order valence-electron chi connectivity index (χ1n) is 4.24. The van der Waals surface area contributed by atoms with E-state index in [-0.39, 0.29) is 5.91 Å². The molecule has 0 radical (unpaired) electrons. The lowest BCUT2D eigenvalue weighted by atomic mass is 10.2. The van der Waals surface area contributed by atoms with Crippen LogP contribution in [0.25, 0.3) is 0 Å². The lowest BCUT2D eigenvalue weighted by Crippen LogP contribution is -2.23. The first-order chi connectivity index (χ1) is 5.79. The Morgan fingerprint density at radius 1 is 1.58 bits per heavy atom. The van der Waals surface area contributed by atoms with Crippen LogP contribution >= 0.6 is 0 Å². The van der Waals surface area contributed by atoms with Crippen molar-refractivity contribution in [3.8, 4) is 0 Å². The lowest BCUT2D eigenvalue weighted by molar-refractivity contribution is 0.0955. The zero-order valence-corrected chi connectivity index (χ0v) is 7.48. The van der Waals surface area contributed by atoms with Gasteiger partial charge in [-0.3, -0.25) is 4.79 Å². The quantitative estimate of drug-likeness (QED) is 0.699. The van der Waals surface area contributed by atoms with Crippen molar-refractivity contribution < 1.29 is 4.79 Å². The van der Waals surface area contributed by atoms with Gasteiger partial charge in [0.05, 0.1) is 5.56 Å². The molecule has 0 aliphatic rings. The average molecular weight is 166 g/mol. The third kappa shape index (κ3) is 1.67. The summed E-state index contributed by atoms with van der Waals surface area (Å²) >= 11 is 0. The van der Waals surface area contributed by atoms with Crippen molar-refractivity contribution in [1.29, 1.82) is 0 Å². The third-order valence-corrected chi connectivity index (χ3v) is 1.77. The first kappa shape index (κ1) is 8.84. The highest BCUT2D eigenvalue weighted by Crippen LogP contribution is 2.06. The number of aromatic nitrogens is 1. The van der Waals surface area contributed by atoms with E-state index in [4.69, 9.17) is 0 Å². The van der Waals surface area contributed by atoms with Gasteiger partial charge in [0.25, 0.3) is 5.91 Å². The molecule has 12 heavy (non-hydrogen) atoms. The van der Waals surface area contributed by atoms with Crippen molar-refractivity contribution in [3.05, 3.63) is 23.5 Å². The number of carbonyl (C=O) groups excluding carboxylic acids is 1. The molecule has 0 aliphatic heterocycles. The van der Waals surface area contributed by atoms with E-state index in [0.717, 1.165) is 17.7 Å². The molecule has 3 heteroatoms. The molecular weight excluding hydrogens is 152 g/mol. The molecule has 0 unspecified atom stereocenters. The minimum atomic E-state index is 0.00981. The van der Waals surface area contributed by atoms with Crippen molar-refractivity contribution in [1.82, 2.24) is 10.3 Å². The number of aromatic amines is 1. The van der Waals surface area contributed by atoms with Crippen molar-refractivity contribution >= 4 is 5.91 Å². The molecule has 3 nitrogen and oxygen atoms in total.